The van der Waals surface area contributed by atoms with Crippen LogP contribution in [0.5, 0.6) is 0 Å². The Bertz CT molecular complexity index is 1270. The van der Waals surface area contributed by atoms with Crippen LogP contribution in [0.3, 0.4) is 0 Å². The first-order chi connectivity index (χ1) is 14.5. The topological polar surface area (TPSA) is 64.0 Å². The first kappa shape index (κ1) is 19.5. The van der Waals surface area contributed by atoms with Crippen LogP contribution in [-0.4, -0.2) is 15.5 Å². The van der Waals surface area contributed by atoms with E-state index in [0.717, 1.165) is 11.1 Å². The second-order valence-corrected chi connectivity index (χ2v) is 7.10. The summed E-state index contributed by atoms with van der Waals surface area (Å²) in [5.41, 5.74) is 3.03. The zero-order chi connectivity index (χ0) is 21.1. The summed E-state index contributed by atoms with van der Waals surface area (Å²) in [4.78, 5) is 30.1. The largest absolute Gasteiger partial charge is 0.348 e. The van der Waals surface area contributed by atoms with Crippen molar-refractivity contribution in [1.29, 1.82) is 0 Å². The first-order valence-corrected chi connectivity index (χ1v) is 9.58. The van der Waals surface area contributed by atoms with Crippen molar-refractivity contribution in [2.24, 2.45) is 0 Å². The van der Waals surface area contributed by atoms with Gasteiger partial charge in [-0.1, -0.05) is 42.5 Å². The molecule has 2 aromatic carbocycles. The normalized spacial score (nSPS) is 10.9. The van der Waals surface area contributed by atoms with Gasteiger partial charge in [0.25, 0.3) is 11.5 Å². The SMILES string of the molecule is Cc1nc2ccn(Cc3ccccc3)c(=O)c2cc1C(=O)NCc1ccc(F)cc1. The Morgan fingerprint density at radius 3 is 2.50 bits per heavy atom. The van der Waals surface area contributed by atoms with E-state index in [4.69, 9.17) is 0 Å². The average Bonchev–Trinajstić information content (AvgIpc) is 2.75. The van der Waals surface area contributed by atoms with Gasteiger partial charge in [-0.25, -0.2) is 4.39 Å². The van der Waals surface area contributed by atoms with Crippen LogP contribution >= 0.6 is 0 Å². The van der Waals surface area contributed by atoms with Crippen molar-refractivity contribution < 1.29 is 9.18 Å². The van der Waals surface area contributed by atoms with Crippen molar-refractivity contribution in [2.45, 2.75) is 20.0 Å². The van der Waals surface area contributed by atoms with Gasteiger partial charge < -0.3 is 9.88 Å². The highest BCUT2D eigenvalue weighted by molar-refractivity contribution is 5.98. The third-order valence-electron chi connectivity index (χ3n) is 4.95. The number of nitrogens with one attached hydrogen (secondary N) is 1. The maximum absolute atomic E-state index is 13.0. The Morgan fingerprint density at radius 2 is 1.77 bits per heavy atom. The van der Waals surface area contributed by atoms with Gasteiger partial charge in [-0.3, -0.25) is 14.6 Å². The third kappa shape index (κ3) is 4.12. The van der Waals surface area contributed by atoms with Crippen LogP contribution in [0.25, 0.3) is 10.9 Å². The maximum Gasteiger partial charge on any atom is 0.260 e. The predicted molar refractivity (Wildman–Crippen MR) is 114 cm³/mol. The van der Waals surface area contributed by atoms with Crippen LogP contribution in [0.15, 0.2) is 77.7 Å². The zero-order valence-corrected chi connectivity index (χ0v) is 16.4. The molecule has 4 rings (SSSR count). The van der Waals surface area contributed by atoms with Gasteiger partial charge in [-0.15, -0.1) is 0 Å². The van der Waals surface area contributed by atoms with Gasteiger partial charge in [0.2, 0.25) is 0 Å². The number of carbonyl (C=O) groups is 1. The molecule has 150 valence electrons. The molecule has 0 atom stereocenters. The molecule has 0 fully saturated rings. The van der Waals surface area contributed by atoms with Crippen molar-refractivity contribution >= 4 is 16.8 Å². The summed E-state index contributed by atoms with van der Waals surface area (Å²) in [7, 11) is 0. The molecule has 4 aromatic rings. The second-order valence-electron chi connectivity index (χ2n) is 7.10. The quantitative estimate of drug-likeness (QED) is 0.553. The van der Waals surface area contributed by atoms with Crippen LogP contribution in [0.4, 0.5) is 4.39 Å². The second kappa shape index (κ2) is 8.29. The molecule has 0 bridgehead atoms. The number of hydrogen-bond acceptors (Lipinski definition) is 3. The van der Waals surface area contributed by atoms with Crippen molar-refractivity contribution in [1.82, 2.24) is 14.9 Å². The molecule has 30 heavy (non-hydrogen) atoms. The highest BCUT2D eigenvalue weighted by Crippen LogP contribution is 2.14. The Kier molecular flexibility index (Phi) is 5.39. The summed E-state index contributed by atoms with van der Waals surface area (Å²) in [6.45, 7) is 2.43. The smallest absolute Gasteiger partial charge is 0.260 e. The minimum absolute atomic E-state index is 0.198. The monoisotopic (exact) mass is 401 g/mol. The molecule has 0 spiro atoms. The number of carbonyl (C=O) groups excluding carboxylic acids is 1. The number of amides is 1. The molecular weight excluding hydrogens is 381 g/mol. The molecule has 0 aliphatic rings. The number of halogens is 1. The Balaban J connectivity index is 1.62. The molecule has 1 N–H and O–H groups in total. The summed E-state index contributed by atoms with van der Waals surface area (Å²) >= 11 is 0. The van der Waals surface area contributed by atoms with Gasteiger partial charge in [-0.2, -0.15) is 0 Å². The minimum Gasteiger partial charge on any atom is -0.348 e. The molecule has 0 saturated heterocycles. The van der Waals surface area contributed by atoms with Crippen molar-refractivity contribution in [3.8, 4) is 0 Å². The predicted octanol–water partition coefficient (Wildman–Crippen LogP) is 3.82. The average molecular weight is 401 g/mol. The number of aromatic nitrogens is 2. The molecule has 0 unspecified atom stereocenters. The lowest BCUT2D eigenvalue weighted by molar-refractivity contribution is 0.0950. The van der Waals surface area contributed by atoms with Crippen molar-refractivity contribution in [2.75, 3.05) is 0 Å². The molecule has 0 radical (unpaired) electrons. The molecule has 0 aliphatic carbocycles. The number of aryl methyl sites for hydroxylation is 1. The van der Waals surface area contributed by atoms with Gasteiger partial charge in [0.15, 0.2) is 0 Å². The summed E-state index contributed by atoms with van der Waals surface area (Å²) in [6, 6.07) is 19.0. The van der Waals surface area contributed by atoms with Crippen LogP contribution in [0.2, 0.25) is 0 Å². The van der Waals surface area contributed by atoms with Crippen LogP contribution in [-0.2, 0) is 13.1 Å². The number of rotatable bonds is 5. The summed E-state index contributed by atoms with van der Waals surface area (Å²) in [5, 5.41) is 3.20. The third-order valence-corrected chi connectivity index (χ3v) is 4.95. The molecule has 2 aromatic heterocycles. The maximum atomic E-state index is 13.0. The lowest BCUT2D eigenvalue weighted by atomic mass is 10.1. The highest BCUT2D eigenvalue weighted by Gasteiger charge is 2.14. The molecule has 0 saturated carbocycles. The van der Waals surface area contributed by atoms with E-state index in [1.54, 1.807) is 42.0 Å². The Hall–Kier alpha value is -3.80. The fourth-order valence-corrected chi connectivity index (χ4v) is 3.32. The molecule has 5 nitrogen and oxygen atoms in total. The van der Waals surface area contributed by atoms with Gasteiger partial charge in [0.05, 0.1) is 28.7 Å². The first-order valence-electron chi connectivity index (χ1n) is 9.58. The molecule has 6 heteroatoms. The van der Waals surface area contributed by atoms with E-state index in [-0.39, 0.29) is 23.8 Å². The summed E-state index contributed by atoms with van der Waals surface area (Å²) in [5.74, 6) is -0.657. The Labute approximate surface area is 172 Å². The van der Waals surface area contributed by atoms with Gasteiger partial charge in [-0.05, 0) is 42.3 Å². The molecular formula is C24H20FN3O2. The van der Waals surface area contributed by atoms with Crippen LogP contribution < -0.4 is 10.9 Å². The van der Waals surface area contributed by atoms with E-state index in [1.165, 1.54) is 12.1 Å². The van der Waals surface area contributed by atoms with Crippen molar-refractivity contribution in [3.63, 3.8) is 0 Å². The van der Waals surface area contributed by atoms with E-state index in [2.05, 4.69) is 10.3 Å². The number of fused-ring (bicyclic) bond motifs is 1. The Morgan fingerprint density at radius 1 is 1.03 bits per heavy atom. The summed E-state index contributed by atoms with van der Waals surface area (Å²) < 4.78 is 14.6. The number of benzene rings is 2. The van der Waals surface area contributed by atoms with Gasteiger partial charge >= 0.3 is 0 Å². The fraction of sp³-hybridized carbons (Fsp3) is 0.125. The van der Waals surface area contributed by atoms with E-state index in [9.17, 15) is 14.0 Å². The fourth-order valence-electron chi connectivity index (χ4n) is 3.32. The molecule has 0 aliphatic heterocycles. The van der Waals surface area contributed by atoms with E-state index >= 15 is 0 Å². The minimum atomic E-state index is -0.330. The molecule has 1 amide bonds. The van der Waals surface area contributed by atoms with Crippen LogP contribution in [0.1, 0.15) is 27.2 Å². The van der Waals surface area contributed by atoms with Crippen molar-refractivity contribution in [3.05, 3.63) is 111 Å². The van der Waals surface area contributed by atoms with Gasteiger partial charge in [0, 0.05) is 12.7 Å². The highest BCUT2D eigenvalue weighted by atomic mass is 19.1. The standard InChI is InChI=1S/C24H20FN3O2/c1-16-20(23(29)26-14-17-7-9-19(25)10-8-17)13-21-22(27-16)11-12-28(24(21)30)15-18-5-3-2-4-6-18/h2-13H,14-15H2,1H3,(H,26,29). The van der Waals surface area contributed by atoms with Gasteiger partial charge in [0.1, 0.15) is 5.82 Å². The number of hydrogen-bond donors (Lipinski definition) is 1. The van der Waals surface area contributed by atoms with E-state index in [0.29, 0.717) is 28.7 Å². The number of pyridine rings is 2. The van der Waals surface area contributed by atoms with E-state index < -0.39 is 0 Å². The zero-order valence-electron chi connectivity index (χ0n) is 16.4. The van der Waals surface area contributed by atoms with E-state index in [1.807, 2.05) is 30.3 Å². The van der Waals surface area contributed by atoms with Crippen LogP contribution in [0, 0.1) is 12.7 Å². The molecule has 2 heterocycles. The lowest BCUT2D eigenvalue weighted by Gasteiger charge is -2.11. The lowest BCUT2D eigenvalue weighted by Crippen LogP contribution is -2.25. The summed E-state index contributed by atoms with van der Waals surface area (Å²) in [6.07, 6.45) is 1.72. The number of nitrogens with zero attached hydrogens (tertiary/aromatic N) is 2.